The van der Waals surface area contributed by atoms with Gasteiger partial charge >= 0.3 is 0 Å². The number of carbonyl (C=O) groups excluding carboxylic acids is 1. The fourth-order valence-electron chi connectivity index (χ4n) is 3.67. The molecule has 0 atom stereocenters. The summed E-state index contributed by atoms with van der Waals surface area (Å²) in [6, 6.07) is 15.5. The van der Waals surface area contributed by atoms with Gasteiger partial charge in [0.1, 0.15) is 0 Å². The van der Waals surface area contributed by atoms with Gasteiger partial charge < -0.3 is 14.8 Å². The van der Waals surface area contributed by atoms with Gasteiger partial charge in [0.15, 0.2) is 0 Å². The Morgan fingerprint density at radius 2 is 1.81 bits per heavy atom. The molecule has 27 heavy (non-hydrogen) atoms. The van der Waals surface area contributed by atoms with E-state index in [0.29, 0.717) is 10.9 Å². The topological polar surface area (TPSA) is 56.4 Å². The first-order valence-electron chi connectivity index (χ1n) is 9.13. The minimum absolute atomic E-state index is 0.0301. The Labute approximate surface area is 158 Å². The molecule has 1 aliphatic rings. The molecule has 1 fully saturated rings. The Balaban J connectivity index is 1.63. The molecular weight excluding hydrogens is 338 g/mol. The molecule has 1 aromatic heterocycles. The van der Waals surface area contributed by atoms with E-state index in [9.17, 15) is 9.59 Å². The maximum absolute atomic E-state index is 12.7. The van der Waals surface area contributed by atoms with Crippen molar-refractivity contribution in [2.24, 2.45) is 0 Å². The first-order chi connectivity index (χ1) is 12.9. The summed E-state index contributed by atoms with van der Waals surface area (Å²) in [6.07, 6.45) is 0. The molecule has 138 valence electrons. The Morgan fingerprint density at radius 1 is 1.11 bits per heavy atom. The van der Waals surface area contributed by atoms with E-state index in [0.717, 1.165) is 35.3 Å². The van der Waals surface area contributed by atoms with Crippen molar-refractivity contribution in [2.75, 3.05) is 27.2 Å². The third-order valence-electron chi connectivity index (χ3n) is 5.46. The Bertz CT molecular complexity index is 1060. The van der Waals surface area contributed by atoms with Gasteiger partial charge in [0.25, 0.3) is 11.5 Å². The van der Waals surface area contributed by atoms with Crippen LogP contribution in [0.5, 0.6) is 0 Å². The fraction of sp³-hybridized carbons (Fsp3) is 0.273. The molecule has 0 aliphatic carbocycles. The summed E-state index contributed by atoms with van der Waals surface area (Å²) in [5.41, 5.74) is 3.28. The minimum Gasteiger partial charge on any atom is -0.336 e. The number of fused-ring (bicyclic) bond motifs is 1. The molecule has 0 saturated carbocycles. The molecule has 0 spiro atoms. The number of aromatic amines is 1. The molecule has 1 N–H and O–H groups in total. The monoisotopic (exact) mass is 361 g/mol. The van der Waals surface area contributed by atoms with Gasteiger partial charge in [0.2, 0.25) is 0 Å². The average Bonchev–Trinajstić information content (AvgIpc) is 2.65. The standard InChI is InChI=1S/C22H23N3O2/c1-14-5-4-6-18-19(14)11-20(23-21(18)26)15-7-9-16(10-8-15)22(27)25(3)17-12-24(2)13-17/h4-11,17H,12-13H2,1-3H3,(H,23,26). The SMILES string of the molecule is Cc1cccc2c(=O)[nH]c(-c3ccc(C(=O)N(C)C4CN(C)C4)cc3)cc12. The highest BCUT2D eigenvalue weighted by Crippen LogP contribution is 2.23. The predicted molar refractivity (Wildman–Crippen MR) is 108 cm³/mol. The highest BCUT2D eigenvalue weighted by atomic mass is 16.2. The summed E-state index contributed by atoms with van der Waals surface area (Å²) in [7, 11) is 3.91. The number of amides is 1. The van der Waals surface area contributed by atoms with Gasteiger partial charge in [-0.25, -0.2) is 0 Å². The van der Waals surface area contributed by atoms with E-state index in [2.05, 4.69) is 16.9 Å². The second-order valence-corrected chi connectivity index (χ2v) is 7.42. The van der Waals surface area contributed by atoms with Crippen LogP contribution in [0.1, 0.15) is 15.9 Å². The highest BCUT2D eigenvalue weighted by Gasteiger charge is 2.30. The normalized spacial score (nSPS) is 14.9. The number of hydrogen-bond acceptors (Lipinski definition) is 3. The van der Waals surface area contributed by atoms with Gasteiger partial charge in [-0.05, 0) is 54.8 Å². The summed E-state index contributed by atoms with van der Waals surface area (Å²) >= 11 is 0. The lowest BCUT2D eigenvalue weighted by atomic mass is 10.0. The number of carbonyl (C=O) groups is 1. The zero-order chi connectivity index (χ0) is 19.1. The van der Waals surface area contributed by atoms with E-state index >= 15 is 0 Å². The van der Waals surface area contributed by atoms with Gasteiger partial charge in [-0.1, -0.05) is 24.3 Å². The first-order valence-corrected chi connectivity index (χ1v) is 9.13. The Kier molecular flexibility index (Phi) is 4.32. The quantitative estimate of drug-likeness (QED) is 0.780. The summed E-state index contributed by atoms with van der Waals surface area (Å²) in [4.78, 5) is 32.0. The van der Waals surface area contributed by atoms with E-state index in [4.69, 9.17) is 0 Å². The van der Waals surface area contributed by atoms with Gasteiger partial charge in [-0.3, -0.25) is 9.59 Å². The second-order valence-electron chi connectivity index (χ2n) is 7.42. The maximum atomic E-state index is 12.7. The number of pyridine rings is 1. The molecule has 2 heterocycles. The van der Waals surface area contributed by atoms with Crippen LogP contribution < -0.4 is 5.56 Å². The number of likely N-dealkylation sites (N-methyl/N-ethyl adjacent to an activating group) is 2. The van der Waals surface area contributed by atoms with Crippen molar-refractivity contribution in [3.8, 4) is 11.3 Å². The van der Waals surface area contributed by atoms with Gasteiger partial charge in [-0.15, -0.1) is 0 Å². The lowest BCUT2D eigenvalue weighted by molar-refractivity contribution is 0.0460. The van der Waals surface area contributed by atoms with Crippen LogP contribution in [0.3, 0.4) is 0 Å². The Morgan fingerprint density at radius 3 is 2.48 bits per heavy atom. The van der Waals surface area contributed by atoms with Crippen molar-refractivity contribution in [2.45, 2.75) is 13.0 Å². The van der Waals surface area contributed by atoms with E-state index in [1.807, 2.05) is 67.4 Å². The van der Waals surface area contributed by atoms with Crippen molar-refractivity contribution in [1.29, 1.82) is 0 Å². The van der Waals surface area contributed by atoms with E-state index in [-0.39, 0.29) is 17.5 Å². The van der Waals surface area contributed by atoms with Crippen LogP contribution in [-0.4, -0.2) is 53.9 Å². The summed E-state index contributed by atoms with van der Waals surface area (Å²) in [5.74, 6) is 0.0301. The number of aromatic nitrogens is 1. The molecule has 0 bridgehead atoms. The first kappa shape index (κ1) is 17.5. The van der Waals surface area contributed by atoms with Crippen molar-refractivity contribution in [3.63, 3.8) is 0 Å². The van der Waals surface area contributed by atoms with Gasteiger partial charge in [0.05, 0.1) is 6.04 Å². The van der Waals surface area contributed by atoms with Crippen LogP contribution in [0.15, 0.2) is 53.3 Å². The number of rotatable bonds is 3. The van der Waals surface area contributed by atoms with Crippen LogP contribution in [0.4, 0.5) is 0 Å². The second kappa shape index (κ2) is 6.67. The maximum Gasteiger partial charge on any atom is 0.256 e. The lowest BCUT2D eigenvalue weighted by Crippen LogP contribution is -2.57. The molecular formula is C22H23N3O2. The van der Waals surface area contributed by atoms with E-state index in [1.165, 1.54) is 0 Å². The summed E-state index contributed by atoms with van der Waals surface area (Å²) < 4.78 is 0. The van der Waals surface area contributed by atoms with Gasteiger partial charge in [0, 0.05) is 36.8 Å². The third kappa shape index (κ3) is 3.15. The third-order valence-corrected chi connectivity index (χ3v) is 5.46. The van der Waals surface area contributed by atoms with Crippen LogP contribution in [0, 0.1) is 6.92 Å². The number of nitrogens with one attached hydrogen (secondary N) is 1. The molecule has 4 rings (SSSR count). The minimum atomic E-state index is -0.0970. The molecule has 2 aromatic carbocycles. The van der Waals surface area contributed by atoms with Crippen LogP contribution in [-0.2, 0) is 0 Å². The highest BCUT2D eigenvalue weighted by molar-refractivity contribution is 5.95. The zero-order valence-electron chi connectivity index (χ0n) is 15.8. The van der Waals surface area contributed by atoms with E-state index in [1.54, 1.807) is 0 Å². The van der Waals surface area contributed by atoms with Crippen LogP contribution in [0.25, 0.3) is 22.0 Å². The molecule has 1 saturated heterocycles. The summed E-state index contributed by atoms with van der Waals surface area (Å²) in [6.45, 7) is 3.83. The summed E-state index contributed by atoms with van der Waals surface area (Å²) in [5, 5.41) is 1.64. The largest absolute Gasteiger partial charge is 0.336 e. The number of hydrogen-bond donors (Lipinski definition) is 1. The molecule has 1 aliphatic heterocycles. The van der Waals surface area contributed by atoms with E-state index < -0.39 is 0 Å². The van der Waals surface area contributed by atoms with Gasteiger partial charge in [-0.2, -0.15) is 0 Å². The number of H-pyrrole nitrogens is 1. The number of benzene rings is 2. The van der Waals surface area contributed by atoms with Crippen LogP contribution in [0.2, 0.25) is 0 Å². The Hall–Kier alpha value is -2.92. The molecule has 1 amide bonds. The van der Waals surface area contributed by atoms with Crippen LogP contribution >= 0.6 is 0 Å². The fourth-order valence-corrected chi connectivity index (χ4v) is 3.67. The molecule has 3 aromatic rings. The smallest absolute Gasteiger partial charge is 0.256 e. The average molecular weight is 361 g/mol. The predicted octanol–water partition coefficient (Wildman–Crippen LogP) is 2.89. The number of aryl methyl sites for hydroxylation is 1. The van der Waals surface area contributed by atoms with Crippen molar-refractivity contribution >= 4 is 16.7 Å². The van der Waals surface area contributed by atoms with Crippen molar-refractivity contribution < 1.29 is 4.79 Å². The van der Waals surface area contributed by atoms with Crippen molar-refractivity contribution in [1.82, 2.24) is 14.8 Å². The number of likely N-dealkylation sites (tertiary alicyclic amines) is 1. The zero-order valence-corrected chi connectivity index (χ0v) is 15.8. The lowest BCUT2D eigenvalue weighted by Gasteiger charge is -2.41. The molecule has 5 nitrogen and oxygen atoms in total. The number of nitrogens with zero attached hydrogens (tertiary/aromatic N) is 2. The van der Waals surface area contributed by atoms with Crippen molar-refractivity contribution in [3.05, 3.63) is 70.0 Å². The molecule has 0 unspecified atom stereocenters. The molecule has 0 radical (unpaired) electrons. The molecule has 5 heteroatoms.